The van der Waals surface area contributed by atoms with E-state index in [1.165, 1.54) is 22.5 Å². The predicted molar refractivity (Wildman–Crippen MR) is 290 cm³/mol. The molecule has 76 heavy (non-hydrogen) atoms. The third-order valence-corrected chi connectivity index (χ3v) is 12.6. The number of amides is 4. The maximum Gasteiger partial charge on any atom is 0.420 e. The molecule has 0 spiro atoms. The molecule has 6 aromatic heterocycles. The van der Waals surface area contributed by atoms with E-state index in [9.17, 15) is 19.2 Å². The summed E-state index contributed by atoms with van der Waals surface area (Å²) < 4.78 is 41.4. The number of pyridine rings is 2. The summed E-state index contributed by atoms with van der Waals surface area (Å²) in [6, 6.07) is 7.36. The van der Waals surface area contributed by atoms with Gasteiger partial charge in [0.2, 0.25) is 0 Å². The molecule has 410 valence electrons. The Bertz CT molecular complexity index is 3030. The molecule has 24 nitrogen and oxygen atoms in total. The van der Waals surface area contributed by atoms with Crippen molar-refractivity contribution in [2.24, 2.45) is 0 Å². The second-order valence-electron chi connectivity index (χ2n) is 22.5. The largest absolute Gasteiger partial charge is 0.444 e. The molecule has 0 atom stereocenters. The minimum atomic E-state index is -0.721. The molecule has 0 aliphatic carbocycles. The second kappa shape index (κ2) is 22.1. The van der Waals surface area contributed by atoms with Crippen LogP contribution < -0.4 is 9.80 Å². The Morgan fingerprint density at radius 3 is 1.45 bits per heavy atom. The van der Waals surface area contributed by atoms with Crippen LogP contribution in [-0.2, 0) is 54.7 Å². The molecule has 26 heteroatoms. The van der Waals surface area contributed by atoms with Crippen molar-refractivity contribution in [3.8, 4) is 0 Å². The highest BCUT2D eigenvalue weighted by atomic mass is 127. The summed E-state index contributed by atoms with van der Waals surface area (Å²) in [6.07, 6.45) is 4.88. The first-order valence-electron chi connectivity index (χ1n) is 24.9. The van der Waals surface area contributed by atoms with E-state index >= 15 is 0 Å². The van der Waals surface area contributed by atoms with Gasteiger partial charge in [-0.3, -0.25) is 9.36 Å². The van der Waals surface area contributed by atoms with Crippen molar-refractivity contribution >= 4 is 97.2 Å². The van der Waals surface area contributed by atoms with Crippen molar-refractivity contribution in [3.63, 3.8) is 0 Å². The summed E-state index contributed by atoms with van der Waals surface area (Å²) >= 11 is 5.79. The van der Waals surface area contributed by atoms with Crippen molar-refractivity contribution in [2.75, 3.05) is 49.2 Å². The summed E-state index contributed by atoms with van der Waals surface area (Å²) in [5.41, 5.74) is 2.40. The van der Waals surface area contributed by atoms with Gasteiger partial charge >= 0.3 is 24.4 Å². The average Bonchev–Trinajstić information content (AvgIpc) is 4.09. The minimum Gasteiger partial charge on any atom is -0.444 e. The van der Waals surface area contributed by atoms with Gasteiger partial charge in [0, 0.05) is 65.0 Å². The monoisotopic (exact) mass is 1230 g/mol. The standard InChI is InChI=1S/C25H33N7O5.C17H19BrN6O3.C8H14INO2/c1-24(2,3)36-22(33)29-11-17(12-29)16-9-19(21-26-15-27-31(21)13-16)32(23(34)37-25(4,5)6)20-10-18-14-35-8-7-30(18)28-20;1-17(2,3)27-16(25)24(14-7-12-9-26-5-4-22(12)21-14)13-6-11(18)8-23-15(13)19-10-20-23;1-8(2,3)12-7(11)10-4-6(9)5-10/h9-10,13,15,17H,7-8,11-12,14H2,1-6H3;6-8,10H,4-5,9H2,1-3H3;6H,4-5H2,1-3H3. The number of carbonyl (C=O) groups excluding carboxylic acids is 4. The molecule has 4 aliphatic rings. The van der Waals surface area contributed by atoms with Gasteiger partial charge in [-0.15, -0.1) is 0 Å². The predicted octanol–water partition coefficient (Wildman–Crippen LogP) is 9.20. The van der Waals surface area contributed by atoms with E-state index in [1.54, 1.807) is 31.1 Å². The van der Waals surface area contributed by atoms with Crippen molar-refractivity contribution in [2.45, 2.75) is 142 Å². The first-order chi connectivity index (χ1) is 35.6. The number of fused-ring (bicyclic) bond motifs is 4. The van der Waals surface area contributed by atoms with Crippen LogP contribution in [0.5, 0.6) is 0 Å². The molecule has 0 radical (unpaired) electrons. The number of ether oxygens (including phenoxy) is 6. The molecule has 10 heterocycles. The third-order valence-electron chi connectivity index (χ3n) is 11.4. The van der Waals surface area contributed by atoms with Crippen LogP contribution in [0, 0.1) is 0 Å². The van der Waals surface area contributed by atoms with Crippen molar-refractivity contribution < 1.29 is 47.6 Å². The number of nitrogens with zero attached hydrogens (tertiary/aromatic N) is 14. The Labute approximate surface area is 462 Å². The molecule has 4 aliphatic heterocycles. The Kier molecular flexibility index (Phi) is 16.3. The number of hydrogen-bond acceptors (Lipinski definition) is 16. The zero-order valence-corrected chi connectivity index (χ0v) is 48.7. The van der Waals surface area contributed by atoms with Crippen LogP contribution in [0.2, 0.25) is 0 Å². The van der Waals surface area contributed by atoms with Crippen LogP contribution >= 0.6 is 38.5 Å². The number of rotatable bonds is 5. The zero-order valence-electron chi connectivity index (χ0n) is 44.9. The highest BCUT2D eigenvalue weighted by Crippen LogP contribution is 2.37. The maximum atomic E-state index is 13.6. The van der Waals surface area contributed by atoms with Crippen LogP contribution in [0.4, 0.5) is 42.2 Å². The fourth-order valence-electron chi connectivity index (χ4n) is 8.04. The van der Waals surface area contributed by atoms with Gasteiger partial charge in [-0.05, 0) is 117 Å². The smallest absolute Gasteiger partial charge is 0.420 e. The normalized spacial score (nSPS) is 16.0. The van der Waals surface area contributed by atoms with Gasteiger partial charge in [-0.2, -0.15) is 20.4 Å². The quantitative estimate of drug-likeness (QED) is 0.0889. The lowest BCUT2D eigenvalue weighted by Crippen LogP contribution is -2.52. The van der Waals surface area contributed by atoms with E-state index in [0.29, 0.717) is 90.8 Å². The molecule has 0 bridgehead atoms. The summed E-state index contributed by atoms with van der Waals surface area (Å²) in [4.78, 5) is 65.4. The summed E-state index contributed by atoms with van der Waals surface area (Å²) in [7, 11) is 0. The maximum absolute atomic E-state index is 13.6. The molecule has 0 aromatic carbocycles. The highest BCUT2D eigenvalue weighted by molar-refractivity contribution is 14.1. The lowest BCUT2D eigenvalue weighted by molar-refractivity contribution is 0.00801. The lowest BCUT2D eigenvalue weighted by atomic mass is 9.92. The van der Waals surface area contributed by atoms with Gasteiger partial charge in [0.1, 0.15) is 35.1 Å². The van der Waals surface area contributed by atoms with Gasteiger partial charge in [0.15, 0.2) is 22.9 Å². The molecule has 2 fully saturated rings. The van der Waals surface area contributed by atoms with Crippen LogP contribution in [0.1, 0.15) is 106 Å². The molecule has 6 aromatic rings. The van der Waals surface area contributed by atoms with Gasteiger partial charge in [-0.25, -0.2) is 48.0 Å². The van der Waals surface area contributed by atoms with Gasteiger partial charge in [0.25, 0.3) is 0 Å². The first kappa shape index (κ1) is 56.1. The Balaban J connectivity index is 0.000000171. The van der Waals surface area contributed by atoms with Gasteiger partial charge < -0.3 is 38.2 Å². The highest BCUT2D eigenvalue weighted by Gasteiger charge is 2.38. The minimum absolute atomic E-state index is 0.0453. The van der Waals surface area contributed by atoms with Gasteiger partial charge in [-0.1, -0.05) is 22.6 Å². The van der Waals surface area contributed by atoms with Crippen LogP contribution in [0.25, 0.3) is 11.3 Å². The Hall–Kier alpha value is -6.13. The summed E-state index contributed by atoms with van der Waals surface area (Å²) in [5, 5.41) is 17.8. The molecule has 0 unspecified atom stereocenters. The summed E-state index contributed by atoms with van der Waals surface area (Å²) in [5.74, 6) is 0.914. The number of aromatic nitrogens is 10. The molecule has 0 N–H and O–H groups in total. The zero-order chi connectivity index (χ0) is 55.1. The van der Waals surface area contributed by atoms with E-state index in [4.69, 9.17) is 28.4 Å². The number of anilines is 4. The lowest BCUT2D eigenvalue weighted by Gasteiger charge is -2.40. The van der Waals surface area contributed by atoms with Crippen LogP contribution in [0.3, 0.4) is 0 Å². The number of carbonyl (C=O) groups is 4. The van der Waals surface area contributed by atoms with Crippen molar-refractivity contribution in [3.05, 3.63) is 70.7 Å². The van der Waals surface area contributed by atoms with E-state index in [1.807, 2.05) is 117 Å². The number of alkyl halides is 1. The van der Waals surface area contributed by atoms with Crippen molar-refractivity contribution in [1.82, 2.24) is 58.6 Å². The van der Waals surface area contributed by atoms with E-state index < -0.39 is 29.0 Å². The fraction of sp³-hybridized carbons (Fsp3) is 0.560. The van der Waals surface area contributed by atoms with Crippen LogP contribution in [-0.4, -0.2) is 149 Å². The molecular weight excluding hydrogens is 1160 g/mol. The fourth-order valence-corrected chi connectivity index (χ4v) is 9.41. The Morgan fingerprint density at radius 1 is 0.605 bits per heavy atom. The van der Waals surface area contributed by atoms with Crippen LogP contribution in [0.15, 0.2) is 53.8 Å². The van der Waals surface area contributed by atoms with Gasteiger partial charge in [0.05, 0.1) is 62.3 Å². The number of halogens is 2. The molecular formula is C50H66BrIN14O10. The SMILES string of the molecule is CC(C)(C)OC(=O)N(c1cc2n(n1)CCOC2)c1cc(Br)cn2ncnc12.CC(C)(C)OC(=O)N1CC(I)C1.CC(C)(C)OC(=O)N1CC(c2cc(N(C(=O)OC(C)(C)C)c3cc4n(n3)CCOC4)c3ncnn3c2)C1. The number of hydrogen-bond donors (Lipinski definition) is 0. The van der Waals surface area contributed by atoms with E-state index in [0.717, 1.165) is 34.5 Å². The van der Waals surface area contributed by atoms with Crippen molar-refractivity contribution in [1.29, 1.82) is 0 Å². The molecule has 10 rings (SSSR count). The number of likely N-dealkylation sites (tertiary alicyclic amines) is 2. The third kappa shape index (κ3) is 13.9. The second-order valence-corrected chi connectivity index (χ2v) is 25.2. The topological polar surface area (TPSA) is 233 Å². The molecule has 4 amide bonds. The Morgan fingerprint density at radius 2 is 1.03 bits per heavy atom. The summed E-state index contributed by atoms with van der Waals surface area (Å²) in [6.45, 7) is 28.0. The average molecular weight is 1230 g/mol. The molecule has 0 saturated carbocycles. The molecule has 2 saturated heterocycles. The van der Waals surface area contributed by atoms with E-state index in [2.05, 4.69) is 68.9 Å². The first-order valence-corrected chi connectivity index (χ1v) is 26.9. The van der Waals surface area contributed by atoms with E-state index in [-0.39, 0.29) is 23.7 Å².